The minimum absolute atomic E-state index is 0.0792. The lowest BCUT2D eigenvalue weighted by Crippen LogP contribution is -2.24. The van der Waals surface area contributed by atoms with Gasteiger partial charge in [0, 0.05) is 12.1 Å². The molecule has 0 amide bonds. The number of hydrogen-bond donors (Lipinski definition) is 3. The lowest BCUT2D eigenvalue weighted by Gasteiger charge is -2.12. The standard InChI is InChI=1S/C15H19N3O3/c1-11(14-3-2-9-21-14)17-8-10-20-13-6-4-12(5-7-13)15(16)18-19/h2-7,9,11,17,19H,8,10H2,1H3,(H2,16,18)/t11-/m1/s1. The zero-order valence-corrected chi connectivity index (χ0v) is 11.8. The number of hydrogen-bond acceptors (Lipinski definition) is 5. The number of rotatable bonds is 7. The largest absolute Gasteiger partial charge is 0.492 e. The quantitative estimate of drug-likeness (QED) is 0.239. The molecule has 21 heavy (non-hydrogen) atoms. The van der Waals surface area contributed by atoms with Crippen LogP contribution in [0.3, 0.4) is 0 Å². The van der Waals surface area contributed by atoms with Gasteiger partial charge in [0.1, 0.15) is 18.1 Å². The second-order valence-electron chi connectivity index (χ2n) is 4.55. The number of nitrogens with one attached hydrogen (secondary N) is 1. The summed E-state index contributed by atoms with van der Waals surface area (Å²) >= 11 is 0. The molecule has 6 heteroatoms. The van der Waals surface area contributed by atoms with Crippen molar-refractivity contribution in [1.29, 1.82) is 0 Å². The normalized spacial score (nSPS) is 13.1. The number of nitrogens with zero attached hydrogens (tertiary/aromatic N) is 1. The number of nitrogens with two attached hydrogens (primary N) is 1. The fourth-order valence-corrected chi connectivity index (χ4v) is 1.86. The van der Waals surface area contributed by atoms with Crippen LogP contribution in [0.2, 0.25) is 0 Å². The maximum absolute atomic E-state index is 8.58. The van der Waals surface area contributed by atoms with Crippen molar-refractivity contribution in [3.63, 3.8) is 0 Å². The molecule has 1 aromatic carbocycles. The van der Waals surface area contributed by atoms with Gasteiger partial charge in [0.25, 0.3) is 0 Å². The van der Waals surface area contributed by atoms with Crippen LogP contribution in [0.1, 0.15) is 24.3 Å². The van der Waals surface area contributed by atoms with Gasteiger partial charge in [0.05, 0.1) is 12.3 Å². The van der Waals surface area contributed by atoms with Gasteiger partial charge in [0.2, 0.25) is 0 Å². The first-order chi connectivity index (χ1) is 10.2. The molecule has 0 aliphatic rings. The second kappa shape index (κ2) is 7.35. The lowest BCUT2D eigenvalue weighted by atomic mass is 10.2. The number of benzene rings is 1. The smallest absolute Gasteiger partial charge is 0.170 e. The average Bonchev–Trinajstić information content (AvgIpc) is 3.05. The van der Waals surface area contributed by atoms with Crippen molar-refractivity contribution in [2.24, 2.45) is 10.9 Å². The monoisotopic (exact) mass is 289 g/mol. The molecule has 0 aliphatic carbocycles. The van der Waals surface area contributed by atoms with E-state index in [0.717, 1.165) is 11.5 Å². The van der Waals surface area contributed by atoms with Gasteiger partial charge >= 0.3 is 0 Å². The summed E-state index contributed by atoms with van der Waals surface area (Å²) in [4.78, 5) is 0. The van der Waals surface area contributed by atoms with Gasteiger partial charge in [-0.05, 0) is 43.3 Å². The Bertz CT molecular complexity index is 564. The van der Waals surface area contributed by atoms with Crippen LogP contribution < -0.4 is 15.8 Å². The lowest BCUT2D eigenvalue weighted by molar-refractivity contribution is 0.302. The molecular weight excluding hydrogens is 270 g/mol. The summed E-state index contributed by atoms with van der Waals surface area (Å²) in [6, 6.07) is 11.0. The first-order valence-electron chi connectivity index (χ1n) is 6.68. The van der Waals surface area contributed by atoms with Crippen molar-refractivity contribution in [2.45, 2.75) is 13.0 Å². The molecule has 0 saturated heterocycles. The maximum atomic E-state index is 8.58. The van der Waals surface area contributed by atoms with Crippen molar-refractivity contribution in [1.82, 2.24) is 5.32 Å². The fraction of sp³-hybridized carbons (Fsp3) is 0.267. The molecule has 2 aromatic rings. The van der Waals surface area contributed by atoms with Gasteiger partial charge in [-0.1, -0.05) is 5.16 Å². The van der Waals surface area contributed by atoms with Gasteiger partial charge < -0.3 is 25.4 Å². The van der Waals surface area contributed by atoms with Crippen LogP contribution in [0.5, 0.6) is 5.75 Å². The van der Waals surface area contributed by atoms with Crippen LogP contribution >= 0.6 is 0 Å². The molecule has 0 spiro atoms. The summed E-state index contributed by atoms with van der Waals surface area (Å²) in [5, 5.41) is 14.8. The molecule has 0 bridgehead atoms. The minimum atomic E-state index is 0.0792. The Balaban J connectivity index is 1.74. The van der Waals surface area contributed by atoms with Gasteiger partial charge in [-0.15, -0.1) is 0 Å². The van der Waals surface area contributed by atoms with E-state index in [4.69, 9.17) is 20.1 Å². The third kappa shape index (κ3) is 4.25. The Labute approximate surface area is 123 Å². The van der Waals surface area contributed by atoms with E-state index < -0.39 is 0 Å². The molecule has 1 atom stereocenters. The highest BCUT2D eigenvalue weighted by Crippen LogP contribution is 2.13. The van der Waals surface area contributed by atoms with Gasteiger partial charge in [-0.25, -0.2) is 0 Å². The molecular formula is C15H19N3O3. The first kappa shape index (κ1) is 14.9. The predicted molar refractivity (Wildman–Crippen MR) is 79.6 cm³/mol. The number of amidine groups is 1. The molecule has 2 rings (SSSR count). The van der Waals surface area contributed by atoms with Crippen molar-refractivity contribution >= 4 is 5.84 Å². The fourth-order valence-electron chi connectivity index (χ4n) is 1.86. The maximum Gasteiger partial charge on any atom is 0.170 e. The summed E-state index contributed by atoms with van der Waals surface area (Å²) in [6.07, 6.45) is 1.66. The van der Waals surface area contributed by atoms with Crippen molar-refractivity contribution < 1.29 is 14.4 Å². The van der Waals surface area contributed by atoms with E-state index in [1.807, 2.05) is 19.1 Å². The molecule has 0 aliphatic heterocycles. The summed E-state index contributed by atoms with van der Waals surface area (Å²) < 4.78 is 10.9. The Morgan fingerprint density at radius 1 is 1.38 bits per heavy atom. The number of ether oxygens (including phenoxy) is 1. The molecule has 4 N–H and O–H groups in total. The molecule has 1 aromatic heterocycles. The zero-order valence-electron chi connectivity index (χ0n) is 11.8. The van der Waals surface area contributed by atoms with Crippen LogP contribution in [0.25, 0.3) is 0 Å². The van der Waals surface area contributed by atoms with E-state index >= 15 is 0 Å². The van der Waals surface area contributed by atoms with E-state index in [9.17, 15) is 0 Å². The highest BCUT2D eigenvalue weighted by molar-refractivity contribution is 5.97. The number of furan rings is 1. The SMILES string of the molecule is C[C@@H](NCCOc1ccc(/C(N)=N/O)cc1)c1ccco1. The number of oxime groups is 1. The van der Waals surface area contributed by atoms with Crippen LogP contribution in [-0.2, 0) is 0 Å². The molecule has 0 radical (unpaired) electrons. The minimum Gasteiger partial charge on any atom is -0.492 e. The van der Waals surface area contributed by atoms with Crippen LogP contribution in [0.4, 0.5) is 0 Å². The highest BCUT2D eigenvalue weighted by Gasteiger charge is 2.06. The Morgan fingerprint density at radius 2 is 2.14 bits per heavy atom. The predicted octanol–water partition coefficient (Wildman–Crippen LogP) is 2.10. The summed E-state index contributed by atoms with van der Waals surface area (Å²) in [7, 11) is 0. The van der Waals surface area contributed by atoms with E-state index in [2.05, 4.69) is 10.5 Å². The van der Waals surface area contributed by atoms with Crippen LogP contribution in [0.15, 0.2) is 52.2 Å². The van der Waals surface area contributed by atoms with E-state index in [1.165, 1.54) is 0 Å². The summed E-state index contributed by atoms with van der Waals surface area (Å²) in [5.74, 6) is 1.71. The Hall–Kier alpha value is -2.47. The van der Waals surface area contributed by atoms with Crippen molar-refractivity contribution in [3.05, 3.63) is 54.0 Å². The summed E-state index contributed by atoms with van der Waals surface area (Å²) in [6.45, 7) is 3.27. The highest BCUT2D eigenvalue weighted by atomic mass is 16.5. The summed E-state index contributed by atoms with van der Waals surface area (Å²) in [5.41, 5.74) is 6.13. The van der Waals surface area contributed by atoms with Crippen molar-refractivity contribution in [2.75, 3.05) is 13.2 Å². The Kier molecular flexibility index (Phi) is 5.22. The molecule has 0 saturated carbocycles. The first-order valence-corrected chi connectivity index (χ1v) is 6.68. The van der Waals surface area contributed by atoms with Gasteiger partial charge in [-0.2, -0.15) is 0 Å². The van der Waals surface area contributed by atoms with Crippen LogP contribution in [0, 0.1) is 0 Å². The van der Waals surface area contributed by atoms with E-state index in [-0.39, 0.29) is 11.9 Å². The van der Waals surface area contributed by atoms with Gasteiger partial charge in [0.15, 0.2) is 5.84 Å². The third-order valence-electron chi connectivity index (χ3n) is 3.05. The van der Waals surface area contributed by atoms with Gasteiger partial charge in [-0.3, -0.25) is 0 Å². The molecule has 0 fully saturated rings. The Morgan fingerprint density at radius 3 is 2.76 bits per heavy atom. The van der Waals surface area contributed by atoms with Crippen LogP contribution in [-0.4, -0.2) is 24.2 Å². The van der Waals surface area contributed by atoms with Crippen molar-refractivity contribution in [3.8, 4) is 5.75 Å². The third-order valence-corrected chi connectivity index (χ3v) is 3.05. The van der Waals surface area contributed by atoms with E-state index in [0.29, 0.717) is 18.7 Å². The topological polar surface area (TPSA) is 93.0 Å². The molecule has 0 unspecified atom stereocenters. The molecule has 112 valence electrons. The second-order valence-corrected chi connectivity index (χ2v) is 4.55. The zero-order chi connectivity index (χ0) is 15.1. The molecule has 1 heterocycles. The van der Waals surface area contributed by atoms with E-state index in [1.54, 1.807) is 30.5 Å². The average molecular weight is 289 g/mol. The molecule has 6 nitrogen and oxygen atoms in total.